The summed E-state index contributed by atoms with van der Waals surface area (Å²) < 4.78 is 38.4. The number of likely N-dealkylation sites (N-methyl/N-ethyl adjacent to an activating group) is 1. The number of Topliss-reactive ketones (excluding diaryl/α,β-unsaturated/α-hetero) is 1. The number of nitrogens with zero attached hydrogens (tertiary/aromatic N) is 1. The van der Waals surface area contributed by atoms with Crippen LogP contribution in [0.5, 0.6) is 0 Å². The Morgan fingerprint density at radius 3 is 2.19 bits per heavy atom. The number of methoxy groups -OCH3 is 1. The van der Waals surface area contributed by atoms with E-state index in [0.29, 0.717) is 6.42 Å². The molecule has 1 unspecified atom stereocenters. The zero-order valence-electron chi connectivity index (χ0n) is 30.7. The van der Waals surface area contributed by atoms with Gasteiger partial charge in [-0.3, -0.25) is 9.59 Å². The topological polar surface area (TPSA) is 153 Å². The van der Waals surface area contributed by atoms with Crippen LogP contribution < -0.4 is 0 Å². The Kier molecular flexibility index (Phi) is 13.5. The highest BCUT2D eigenvalue weighted by atomic mass is 16.7. The lowest BCUT2D eigenvalue weighted by atomic mass is 9.74. The number of hydrogen-bond acceptors (Lipinski definition) is 12. The van der Waals surface area contributed by atoms with Crippen LogP contribution in [-0.4, -0.2) is 132 Å². The summed E-state index contributed by atoms with van der Waals surface area (Å²) in [5, 5.41) is 34.5. The summed E-state index contributed by atoms with van der Waals surface area (Å²) in [6.07, 6.45) is -4.31. The van der Waals surface area contributed by atoms with Gasteiger partial charge in [-0.25, -0.2) is 0 Å². The van der Waals surface area contributed by atoms with Crippen molar-refractivity contribution in [1.82, 2.24) is 4.90 Å². The standard InChI is InChI=1S/C35H63NO11/c1-13-25-34(9,40)29(38)21(5)26(37)19(3)16-33(8)30(47-32-28(42-12)24(36(10)11)15-20(4)45-32)22(6)27(23(7)31(39)46-25)43-17-35(41,14-2)18-44-33/h19-25,27-30,32,38,40-41H,13-18H2,1-12H3/t19-,20-,21+,22+,23-,24+,25-,27+,28-,29-,30-,32+,33+,34-,35?/m1/s1. The number of ether oxygens (including phenoxy) is 6. The Balaban J connectivity index is 2.23. The number of fused-ring (bicyclic) bond motifs is 3. The summed E-state index contributed by atoms with van der Waals surface area (Å²) in [6, 6.07) is -0.0156. The lowest BCUT2D eigenvalue weighted by Crippen LogP contribution is -2.61. The number of carbonyl (C=O) groups excluding carboxylic acids is 2. The first-order valence-corrected chi connectivity index (χ1v) is 17.4. The zero-order valence-corrected chi connectivity index (χ0v) is 30.7. The van der Waals surface area contributed by atoms with Crippen LogP contribution in [0.25, 0.3) is 0 Å². The van der Waals surface area contributed by atoms with Crippen molar-refractivity contribution in [3.63, 3.8) is 0 Å². The van der Waals surface area contributed by atoms with E-state index in [-0.39, 0.29) is 44.0 Å². The molecular formula is C35H63NO11. The van der Waals surface area contributed by atoms with E-state index in [4.69, 9.17) is 28.4 Å². The zero-order chi connectivity index (χ0) is 35.6. The Morgan fingerprint density at radius 2 is 1.64 bits per heavy atom. The van der Waals surface area contributed by atoms with Gasteiger partial charge in [-0.15, -0.1) is 0 Å². The third-order valence-electron chi connectivity index (χ3n) is 11.1. The Bertz CT molecular complexity index is 1060. The van der Waals surface area contributed by atoms with Crippen LogP contribution in [-0.2, 0) is 38.0 Å². The van der Waals surface area contributed by atoms with Gasteiger partial charge in [0.25, 0.3) is 0 Å². The predicted molar refractivity (Wildman–Crippen MR) is 175 cm³/mol. The molecule has 2 bridgehead atoms. The smallest absolute Gasteiger partial charge is 0.311 e. The summed E-state index contributed by atoms with van der Waals surface area (Å²) in [7, 11) is 5.59. The molecule has 0 amide bonds. The van der Waals surface area contributed by atoms with Gasteiger partial charge < -0.3 is 48.6 Å². The first-order valence-electron chi connectivity index (χ1n) is 17.4. The summed E-state index contributed by atoms with van der Waals surface area (Å²) in [5.41, 5.74) is -4.51. The van der Waals surface area contributed by atoms with Crippen LogP contribution in [0.2, 0.25) is 0 Å². The highest BCUT2D eigenvalue weighted by molar-refractivity contribution is 5.83. The molecule has 3 saturated heterocycles. The molecule has 0 radical (unpaired) electrons. The number of esters is 1. The van der Waals surface area contributed by atoms with Crippen molar-refractivity contribution >= 4 is 11.8 Å². The van der Waals surface area contributed by atoms with Crippen LogP contribution in [0.15, 0.2) is 0 Å². The molecule has 0 aliphatic carbocycles. The molecule has 0 aromatic heterocycles. The summed E-state index contributed by atoms with van der Waals surface area (Å²) in [6.45, 7) is 15.5. The van der Waals surface area contributed by atoms with Crippen molar-refractivity contribution in [3.8, 4) is 0 Å². The Labute approximate surface area is 281 Å². The molecule has 3 heterocycles. The quantitative estimate of drug-likeness (QED) is 0.356. The fourth-order valence-electron chi connectivity index (χ4n) is 7.85. The second kappa shape index (κ2) is 15.8. The van der Waals surface area contributed by atoms with E-state index in [1.54, 1.807) is 34.8 Å². The van der Waals surface area contributed by atoms with Crippen LogP contribution >= 0.6 is 0 Å². The molecule has 3 fully saturated rings. The van der Waals surface area contributed by atoms with Crippen molar-refractivity contribution < 1.29 is 53.3 Å². The first kappa shape index (κ1) is 40.2. The molecule has 12 nitrogen and oxygen atoms in total. The fourth-order valence-corrected chi connectivity index (χ4v) is 7.85. The molecule has 3 N–H and O–H groups in total. The maximum Gasteiger partial charge on any atom is 0.311 e. The summed E-state index contributed by atoms with van der Waals surface area (Å²) >= 11 is 0. The van der Waals surface area contributed by atoms with Gasteiger partial charge >= 0.3 is 5.97 Å². The van der Waals surface area contributed by atoms with Crippen LogP contribution in [0.3, 0.4) is 0 Å². The summed E-state index contributed by atoms with van der Waals surface area (Å²) in [4.78, 5) is 30.0. The molecule has 0 saturated carbocycles. The third-order valence-corrected chi connectivity index (χ3v) is 11.1. The number of rotatable bonds is 6. The molecule has 15 atom stereocenters. The van der Waals surface area contributed by atoms with Gasteiger partial charge in [0.15, 0.2) is 6.29 Å². The maximum atomic E-state index is 14.0. The number of carbonyl (C=O) groups is 2. The average molecular weight is 674 g/mol. The van der Waals surface area contributed by atoms with Crippen LogP contribution in [0.4, 0.5) is 0 Å². The third kappa shape index (κ3) is 8.57. The summed E-state index contributed by atoms with van der Waals surface area (Å²) in [5.74, 6) is -4.00. The second-order valence-electron chi connectivity index (χ2n) is 15.2. The first-order chi connectivity index (χ1) is 21.8. The largest absolute Gasteiger partial charge is 0.459 e. The molecule has 47 heavy (non-hydrogen) atoms. The van der Waals surface area contributed by atoms with E-state index < -0.39 is 83.3 Å². The van der Waals surface area contributed by atoms with Gasteiger partial charge in [-0.2, -0.15) is 0 Å². The number of cyclic esters (lactones) is 1. The van der Waals surface area contributed by atoms with Crippen molar-refractivity contribution in [2.24, 2.45) is 23.7 Å². The lowest BCUT2D eigenvalue weighted by molar-refractivity contribution is -0.307. The van der Waals surface area contributed by atoms with Crippen molar-refractivity contribution in [2.45, 2.75) is 154 Å². The number of aliphatic hydroxyl groups is 3. The lowest BCUT2D eigenvalue weighted by Gasteiger charge is -2.49. The Hall–Kier alpha value is -1.22. The van der Waals surface area contributed by atoms with E-state index in [1.165, 1.54) is 6.92 Å². The van der Waals surface area contributed by atoms with Crippen molar-refractivity contribution in [1.29, 1.82) is 0 Å². The highest BCUT2D eigenvalue weighted by Crippen LogP contribution is 2.42. The van der Waals surface area contributed by atoms with Gasteiger partial charge in [0.1, 0.15) is 29.2 Å². The number of aliphatic hydroxyl groups excluding tert-OH is 1. The van der Waals surface area contributed by atoms with Gasteiger partial charge in [0.05, 0.1) is 49.1 Å². The Morgan fingerprint density at radius 1 is 1.00 bits per heavy atom. The molecule has 0 aromatic carbocycles. The fraction of sp³-hybridized carbons (Fsp3) is 0.943. The molecule has 0 spiro atoms. The molecule has 3 rings (SSSR count). The molecule has 274 valence electrons. The van der Waals surface area contributed by atoms with Gasteiger partial charge in [-0.1, -0.05) is 34.6 Å². The van der Waals surface area contributed by atoms with Crippen molar-refractivity contribution in [3.05, 3.63) is 0 Å². The van der Waals surface area contributed by atoms with E-state index in [1.807, 2.05) is 41.8 Å². The predicted octanol–water partition coefficient (Wildman–Crippen LogP) is 2.72. The van der Waals surface area contributed by atoms with E-state index in [0.717, 1.165) is 6.42 Å². The highest BCUT2D eigenvalue weighted by Gasteiger charge is 2.54. The minimum Gasteiger partial charge on any atom is -0.459 e. The van der Waals surface area contributed by atoms with Gasteiger partial charge in [0, 0.05) is 30.9 Å². The minimum absolute atomic E-state index is 0.0156. The van der Waals surface area contributed by atoms with Gasteiger partial charge in [-0.05, 0) is 67.5 Å². The maximum absolute atomic E-state index is 14.0. The monoisotopic (exact) mass is 673 g/mol. The minimum atomic E-state index is -1.90. The normalized spacial score (nSPS) is 47.9. The average Bonchev–Trinajstić information content (AvgIpc) is 3.05. The van der Waals surface area contributed by atoms with E-state index in [2.05, 4.69) is 4.90 Å². The van der Waals surface area contributed by atoms with Crippen LogP contribution in [0, 0.1) is 23.7 Å². The second-order valence-corrected chi connectivity index (χ2v) is 15.2. The SMILES string of the molecule is CC[C@H]1OC(=O)[C@H](C)[C@H]2OCC(O)(CC)CO[C@@](C)(C[C@@H](C)C(=O)[C@H](C)[C@@H](O)[C@]1(C)O)[C@H](O[C@@H]1O[C@H](C)C[C@H](N(C)C)[C@H]1OC)[C@H]2C. The molecule has 3 aliphatic heterocycles. The molecular weight excluding hydrogens is 610 g/mol. The van der Waals surface area contributed by atoms with Crippen LogP contribution in [0.1, 0.15) is 88.0 Å². The number of hydrogen-bond donors (Lipinski definition) is 3. The van der Waals surface area contributed by atoms with E-state index in [9.17, 15) is 24.9 Å². The molecule has 3 aliphatic rings. The van der Waals surface area contributed by atoms with Crippen molar-refractivity contribution in [2.75, 3.05) is 34.4 Å². The van der Waals surface area contributed by atoms with E-state index >= 15 is 0 Å². The molecule has 12 heteroatoms. The van der Waals surface area contributed by atoms with Gasteiger partial charge in [0.2, 0.25) is 0 Å². The number of ketones is 1. The molecule has 0 aromatic rings.